The van der Waals surface area contributed by atoms with Gasteiger partial charge in [0, 0.05) is 0 Å². The molecule has 0 aromatic heterocycles. The first-order valence-electron chi connectivity index (χ1n) is 11.3. The van der Waals surface area contributed by atoms with Crippen molar-refractivity contribution in [3.8, 4) is 0 Å². The molecule has 2 rings (SSSR count). The molecule has 0 heterocycles. The van der Waals surface area contributed by atoms with E-state index in [1.165, 1.54) is 15.9 Å². The van der Waals surface area contributed by atoms with Gasteiger partial charge in [-0.2, -0.15) is 0 Å². The molecule has 0 unspecified atom stereocenters. The molecule has 0 saturated carbocycles. The van der Waals surface area contributed by atoms with Crippen molar-refractivity contribution in [2.75, 3.05) is 0 Å². The first-order chi connectivity index (χ1) is 14.5. The van der Waals surface area contributed by atoms with Crippen LogP contribution in [0.2, 0.25) is 36.3 Å². The van der Waals surface area contributed by atoms with Gasteiger partial charge >= 0.3 is 0 Å². The standard InChI is InChI=1S/C26H40O2Si4/c1-20(21-15-13-12-14-16-21)22-17-18-23(31(8,9)27-29-25(2,3)4)24(19-22)32(10,11)28-30-26(5,6)7/h12-19H,1H2,2-11H3. The van der Waals surface area contributed by atoms with Crippen molar-refractivity contribution in [2.24, 2.45) is 0 Å². The molecule has 0 atom stereocenters. The molecular formula is C26H40O2Si4. The van der Waals surface area contributed by atoms with Gasteiger partial charge in [-0.25, -0.2) is 0 Å². The van der Waals surface area contributed by atoms with Crippen LogP contribution in [-0.4, -0.2) is 36.2 Å². The van der Waals surface area contributed by atoms with Crippen molar-refractivity contribution in [3.63, 3.8) is 0 Å². The molecule has 0 aliphatic carbocycles. The zero-order valence-corrected chi connectivity index (χ0v) is 25.6. The highest BCUT2D eigenvalue weighted by Crippen LogP contribution is 2.26. The second kappa shape index (κ2) is 10.1. The molecular weight excluding hydrogens is 457 g/mol. The Morgan fingerprint density at radius 3 is 1.62 bits per heavy atom. The van der Waals surface area contributed by atoms with Gasteiger partial charge in [-0.1, -0.05) is 96.7 Å². The van der Waals surface area contributed by atoms with Crippen LogP contribution in [0.3, 0.4) is 0 Å². The molecule has 2 aromatic rings. The third-order valence-corrected chi connectivity index (χ3v) is 14.8. The van der Waals surface area contributed by atoms with Crippen LogP contribution in [-0.2, 0) is 8.23 Å². The van der Waals surface area contributed by atoms with Crippen LogP contribution in [0.4, 0.5) is 0 Å². The molecule has 0 saturated heterocycles. The topological polar surface area (TPSA) is 18.5 Å². The van der Waals surface area contributed by atoms with Gasteiger partial charge in [-0.05, 0) is 63.3 Å². The van der Waals surface area contributed by atoms with E-state index in [9.17, 15) is 0 Å². The predicted molar refractivity (Wildman–Crippen MR) is 148 cm³/mol. The van der Waals surface area contributed by atoms with Gasteiger partial charge in [0.15, 0.2) is 0 Å². The van der Waals surface area contributed by atoms with Crippen molar-refractivity contribution in [2.45, 2.75) is 77.8 Å². The van der Waals surface area contributed by atoms with E-state index in [1.807, 2.05) is 6.07 Å². The predicted octanol–water partition coefficient (Wildman–Crippen LogP) is 6.28. The quantitative estimate of drug-likeness (QED) is 0.400. The Hall–Kier alpha value is -1.03. The minimum Gasteiger partial charge on any atom is -0.452 e. The average Bonchev–Trinajstić information content (AvgIpc) is 2.70. The van der Waals surface area contributed by atoms with Crippen LogP contribution >= 0.6 is 0 Å². The summed E-state index contributed by atoms with van der Waals surface area (Å²) in [7, 11) is -3.33. The number of hydrogen-bond acceptors (Lipinski definition) is 2. The van der Waals surface area contributed by atoms with Crippen LogP contribution in [0.1, 0.15) is 52.7 Å². The first kappa shape index (κ1) is 27.2. The summed E-state index contributed by atoms with van der Waals surface area (Å²) >= 11 is 0. The van der Waals surface area contributed by atoms with Crippen LogP contribution < -0.4 is 10.4 Å². The Bertz CT molecular complexity index is 923. The van der Waals surface area contributed by atoms with Gasteiger partial charge in [0.05, 0.1) is 0 Å². The highest BCUT2D eigenvalue weighted by Gasteiger charge is 2.37. The van der Waals surface area contributed by atoms with Gasteiger partial charge < -0.3 is 8.23 Å². The van der Waals surface area contributed by atoms with E-state index in [2.05, 4.69) is 117 Å². The lowest BCUT2D eigenvalue weighted by molar-refractivity contribution is 0.547. The number of benzene rings is 2. The van der Waals surface area contributed by atoms with E-state index in [-0.39, 0.29) is 10.1 Å². The maximum atomic E-state index is 6.71. The summed E-state index contributed by atoms with van der Waals surface area (Å²) in [5, 5.41) is 3.06. The lowest BCUT2D eigenvalue weighted by Crippen LogP contribution is -2.62. The molecule has 2 aromatic carbocycles. The first-order valence-corrected chi connectivity index (χ1v) is 19.0. The van der Waals surface area contributed by atoms with Crippen LogP contribution in [0.15, 0.2) is 55.1 Å². The van der Waals surface area contributed by atoms with Gasteiger partial charge in [0.1, 0.15) is 0 Å². The van der Waals surface area contributed by atoms with Crippen molar-refractivity contribution < 1.29 is 8.23 Å². The molecule has 0 N–H and O–H groups in total. The molecule has 0 fully saturated rings. The van der Waals surface area contributed by atoms with E-state index in [1.54, 1.807) is 0 Å². The fourth-order valence-electron chi connectivity index (χ4n) is 3.23. The summed E-state index contributed by atoms with van der Waals surface area (Å²) in [6, 6.07) is 17.3. The Labute approximate surface area is 204 Å². The van der Waals surface area contributed by atoms with Crippen molar-refractivity contribution in [1.82, 2.24) is 0 Å². The monoisotopic (exact) mass is 496 g/mol. The van der Waals surface area contributed by atoms with Crippen LogP contribution in [0, 0.1) is 0 Å². The van der Waals surface area contributed by atoms with Crippen molar-refractivity contribution >= 4 is 52.1 Å². The van der Waals surface area contributed by atoms with Gasteiger partial charge in [-0.15, -0.1) is 0 Å². The fraction of sp³-hybridized carbons (Fsp3) is 0.462. The molecule has 0 amide bonds. The Kier molecular flexibility index (Phi) is 8.57. The summed E-state index contributed by atoms with van der Waals surface area (Å²) in [4.78, 5) is 0. The second-order valence-corrected chi connectivity index (χ2v) is 23.7. The highest BCUT2D eigenvalue weighted by atomic mass is 28.4. The van der Waals surface area contributed by atoms with Gasteiger partial charge in [0.2, 0.25) is 36.2 Å². The zero-order chi connectivity index (χ0) is 24.4. The molecule has 0 spiro atoms. The summed E-state index contributed by atoms with van der Waals surface area (Å²) in [5.74, 6) is 0. The largest absolute Gasteiger partial charge is 0.452 e. The summed E-state index contributed by atoms with van der Waals surface area (Å²) in [5.41, 5.74) is 3.38. The Morgan fingerprint density at radius 2 is 1.16 bits per heavy atom. The smallest absolute Gasteiger partial charge is 0.221 e. The van der Waals surface area contributed by atoms with E-state index in [4.69, 9.17) is 8.23 Å². The lowest BCUT2D eigenvalue weighted by Gasteiger charge is -2.35. The average molecular weight is 497 g/mol. The molecule has 0 aliphatic heterocycles. The molecule has 172 valence electrons. The SMILES string of the molecule is C=C(c1ccccc1)c1ccc([Si](C)(C)O[Si]C(C)(C)C)c([Si](C)(C)O[Si]C(C)(C)C)c1. The van der Waals surface area contributed by atoms with Crippen molar-refractivity contribution in [1.29, 1.82) is 0 Å². The molecule has 32 heavy (non-hydrogen) atoms. The highest BCUT2D eigenvalue weighted by molar-refractivity contribution is 6.96. The summed E-state index contributed by atoms with van der Waals surface area (Å²) < 4.78 is 13.4. The van der Waals surface area contributed by atoms with E-state index in [0.29, 0.717) is 19.5 Å². The Balaban J connectivity index is 2.54. The molecule has 4 radical (unpaired) electrons. The zero-order valence-electron chi connectivity index (χ0n) is 21.6. The maximum absolute atomic E-state index is 6.71. The minimum atomic E-state index is -2.17. The summed E-state index contributed by atoms with van der Waals surface area (Å²) in [6.45, 7) is 27.2. The number of hydrogen-bond donors (Lipinski definition) is 0. The summed E-state index contributed by atoms with van der Waals surface area (Å²) in [6.07, 6.45) is 0. The van der Waals surface area contributed by atoms with Crippen LogP contribution in [0.25, 0.3) is 5.57 Å². The molecule has 2 nitrogen and oxygen atoms in total. The number of rotatable bonds is 8. The van der Waals surface area contributed by atoms with Gasteiger partial charge in [0.25, 0.3) is 0 Å². The van der Waals surface area contributed by atoms with Crippen LogP contribution in [0.5, 0.6) is 0 Å². The third-order valence-electron chi connectivity index (χ3n) is 5.01. The van der Waals surface area contributed by atoms with Crippen molar-refractivity contribution in [3.05, 3.63) is 66.2 Å². The second-order valence-electron chi connectivity index (χ2n) is 11.5. The Morgan fingerprint density at radius 1 is 0.688 bits per heavy atom. The minimum absolute atomic E-state index is 0.159. The van der Waals surface area contributed by atoms with Gasteiger partial charge in [-0.3, -0.25) is 0 Å². The molecule has 0 aliphatic rings. The maximum Gasteiger partial charge on any atom is 0.221 e. The molecule has 0 bridgehead atoms. The van der Waals surface area contributed by atoms with E-state index >= 15 is 0 Å². The van der Waals surface area contributed by atoms with E-state index in [0.717, 1.165) is 11.1 Å². The van der Waals surface area contributed by atoms with E-state index < -0.39 is 16.6 Å². The normalized spacial score (nSPS) is 13.3. The fourth-order valence-corrected chi connectivity index (χ4v) is 12.8. The molecule has 6 heteroatoms. The third kappa shape index (κ3) is 7.78. The lowest BCUT2D eigenvalue weighted by atomic mass is 10.00.